The first-order valence-electron chi connectivity index (χ1n) is 11.1. The lowest BCUT2D eigenvalue weighted by Crippen LogP contribution is -2.36. The van der Waals surface area contributed by atoms with Crippen LogP contribution in [0.25, 0.3) is 10.8 Å². The van der Waals surface area contributed by atoms with Gasteiger partial charge in [0.1, 0.15) is 5.60 Å². The van der Waals surface area contributed by atoms with Crippen LogP contribution in [0.3, 0.4) is 0 Å². The summed E-state index contributed by atoms with van der Waals surface area (Å²) in [5.41, 5.74) is 1.88. The Morgan fingerprint density at radius 2 is 1.79 bits per heavy atom. The van der Waals surface area contributed by atoms with Crippen molar-refractivity contribution in [2.45, 2.75) is 69.8 Å². The highest BCUT2D eigenvalue weighted by atomic mass is 16.6. The van der Waals surface area contributed by atoms with Crippen molar-refractivity contribution in [3.05, 3.63) is 59.7 Å². The van der Waals surface area contributed by atoms with Gasteiger partial charge < -0.3 is 4.74 Å². The molecular weight excluding hydrogens is 344 g/mol. The topological polar surface area (TPSA) is 26.3 Å². The van der Waals surface area contributed by atoms with E-state index in [0.29, 0.717) is 11.8 Å². The van der Waals surface area contributed by atoms with Crippen molar-refractivity contribution < 1.29 is 9.53 Å². The van der Waals surface area contributed by atoms with Crippen LogP contribution in [0.4, 0.5) is 0 Å². The van der Waals surface area contributed by atoms with Crippen LogP contribution >= 0.6 is 0 Å². The van der Waals surface area contributed by atoms with E-state index in [4.69, 9.17) is 4.74 Å². The minimum Gasteiger partial charge on any atom is -0.455 e. The van der Waals surface area contributed by atoms with E-state index >= 15 is 0 Å². The molecule has 2 bridgehead atoms. The van der Waals surface area contributed by atoms with Crippen LogP contribution in [0.15, 0.2) is 48.6 Å². The van der Waals surface area contributed by atoms with Gasteiger partial charge in [-0.15, -0.1) is 0 Å². The molecule has 2 heteroatoms. The molecule has 0 amide bonds. The quantitative estimate of drug-likeness (QED) is 0.435. The van der Waals surface area contributed by atoms with Gasteiger partial charge >= 0.3 is 5.97 Å². The zero-order chi connectivity index (χ0) is 19.1. The fourth-order valence-electron chi connectivity index (χ4n) is 5.95. The van der Waals surface area contributed by atoms with Crippen LogP contribution in [0.5, 0.6) is 0 Å². The Morgan fingerprint density at radius 1 is 1.00 bits per heavy atom. The second-order valence-electron chi connectivity index (χ2n) is 9.12. The van der Waals surface area contributed by atoms with E-state index in [1.54, 1.807) is 0 Å². The molecular formula is C26H30O2. The largest absolute Gasteiger partial charge is 0.455 e. The number of hydrogen-bond donors (Lipinski definition) is 0. The third-order valence-corrected chi connectivity index (χ3v) is 7.57. The number of benzene rings is 2. The maximum absolute atomic E-state index is 13.2. The van der Waals surface area contributed by atoms with Gasteiger partial charge in [-0.25, -0.2) is 4.79 Å². The Kier molecular flexibility index (Phi) is 4.53. The first-order chi connectivity index (χ1) is 13.7. The summed E-state index contributed by atoms with van der Waals surface area (Å²) in [6.07, 6.45) is 13.8. The van der Waals surface area contributed by atoms with Gasteiger partial charge in [-0.05, 0) is 85.1 Å². The summed E-state index contributed by atoms with van der Waals surface area (Å²) in [4.78, 5) is 13.2. The Hall–Kier alpha value is -2.09. The molecule has 28 heavy (non-hydrogen) atoms. The van der Waals surface area contributed by atoms with E-state index in [1.165, 1.54) is 43.1 Å². The molecule has 0 aromatic heterocycles. The lowest BCUT2D eigenvalue weighted by atomic mass is 9.82. The maximum atomic E-state index is 13.2. The second kappa shape index (κ2) is 7.06. The van der Waals surface area contributed by atoms with Gasteiger partial charge in [-0.3, -0.25) is 0 Å². The Bertz CT molecular complexity index is 919. The molecule has 3 aliphatic carbocycles. The fraction of sp³-hybridized carbons (Fsp3) is 0.500. The number of esters is 1. The molecule has 0 N–H and O–H groups in total. The van der Waals surface area contributed by atoms with Gasteiger partial charge in [0.05, 0.1) is 5.56 Å². The smallest absolute Gasteiger partial charge is 0.339 e. The molecule has 3 unspecified atom stereocenters. The number of rotatable bonds is 4. The Morgan fingerprint density at radius 3 is 2.50 bits per heavy atom. The van der Waals surface area contributed by atoms with Crippen molar-refractivity contribution in [1.82, 2.24) is 0 Å². The lowest BCUT2D eigenvalue weighted by Gasteiger charge is -2.36. The zero-order valence-electron chi connectivity index (χ0n) is 16.8. The van der Waals surface area contributed by atoms with Gasteiger partial charge in [0.25, 0.3) is 0 Å². The van der Waals surface area contributed by atoms with Crippen molar-refractivity contribution in [2.24, 2.45) is 11.8 Å². The summed E-state index contributed by atoms with van der Waals surface area (Å²) in [6, 6.07) is 12.7. The van der Waals surface area contributed by atoms with Gasteiger partial charge in [0.15, 0.2) is 0 Å². The first kappa shape index (κ1) is 18.0. The molecule has 146 valence electrons. The molecule has 2 fully saturated rings. The van der Waals surface area contributed by atoms with E-state index < -0.39 is 0 Å². The first-order valence-corrected chi connectivity index (χ1v) is 11.1. The highest BCUT2D eigenvalue weighted by molar-refractivity contribution is 6.05. The number of carbonyl (C=O) groups excluding carboxylic acids is 1. The summed E-state index contributed by atoms with van der Waals surface area (Å²) in [5.74, 6) is 1.86. The number of hydrogen-bond acceptors (Lipinski definition) is 2. The summed E-state index contributed by atoms with van der Waals surface area (Å²) in [5, 5.41) is 2.29. The van der Waals surface area contributed by atoms with Crippen LogP contribution in [0.1, 0.15) is 80.1 Å². The van der Waals surface area contributed by atoms with Crippen molar-refractivity contribution in [2.75, 3.05) is 0 Å². The Labute approximate surface area is 168 Å². The minimum atomic E-state index is -0.259. The number of allylic oxidation sites excluding steroid dienone is 2. The molecule has 3 atom stereocenters. The average Bonchev–Trinajstić information content (AvgIpc) is 3.37. The van der Waals surface area contributed by atoms with E-state index in [2.05, 4.69) is 43.3 Å². The van der Waals surface area contributed by atoms with E-state index in [-0.39, 0.29) is 11.6 Å². The van der Waals surface area contributed by atoms with Gasteiger partial charge in [-0.2, -0.15) is 0 Å². The molecule has 5 rings (SSSR count). The second-order valence-corrected chi connectivity index (χ2v) is 9.12. The molecule has 2 saturated carbocycles. The molecule has 2 aromatic carbocycles. The highest BCUT2D eigenvalue weighted by Gasteiger charge is 2.38. The average molecular weight is 375 g/mol. The van der Waals surface area contributed by atoms with Crippen LogP contribution in [0, 0.1) is 11.8 Å². The van der Waals surface area contributed by atoms with E-state index in [9.17, 15) is 4.79 Å². The SMILES string of the molecule is CCC1(OC(=O)c2cccc3c(C4CC5C=CC4C5)cccc23)CCCCC1. The Balaban J connectivity index is 1.49. The molecule has 0 radical (unpaired) electrons. The number of ether oxygens (including phenoxy) is 1. The third kappa shape index (κ3) is 2.98. The number of carbonyl (C=O) groups is 1. The van der Waals surface area contributed by atoms with Crippen molar-refractivity contribution in [1.29, 1.82) is 0 Å². The van der Waals surface area contributed by atoms with Gasteiger partial charge in [0, 0.05) is 0 Å². The van der Waals surface area contributed by atoms with Gasteiger partial charge in [0.2, 0.25) is 0 Å². The minimum absolute atomic E-state index is 0.140. The van der Waals surface area contributed by atoms with Gasteiger partial charge in [-0.1, -0.05) is 55.8 Å². The van der Waals surface area contributed by atoms with Crippen molar-refractivity contribution in [3.8, 4) is 0 Å². The van der Waals surface area contributed by atoms with E-state index in [0.717, 1.165) is 36.1 Å². The lowest BCUT2D eigenvalue weighted by molar-refractivity contribution is -0.0395. The van der Waals surface area contributed by atoms with Crippen LogP contribution in [-0.2, 0) is 4.74 Å². The predicted octanol–water partition coefficient (Wildman–Crippen LogP) is 6.79. The summed E-state index contributed by atoms with van der Waals surface area (Å²) >= 11 is 0. The van der Waals surface area contributed by atoms with Crippen LogP contribution in [0.2, 0.25) is 0 Å². The predicted molar refractivity (Wildman–Crippen MR) is 114 cm³/mol. The fourth-order valence-corrected chi connectivity index (χ4v) is 5.95. The van der Waals surface area contributed by atoms with E-state index in [1.807, 2.05) is 12.1 Å². The zero-order valence-corrected chi connectivity index (χ0v) is 16.8. The third-order valence-electron chi connectivity index (χ3n) is 7.57. The summed E-state index contributed by atoms with van der Waals surface area (Å²) < 4.78 is 6.19. The molecule has 0 spiro atoms. The van der Waals surface area contributed by atoms with Crippen molar-refractivity contribution in [3.63, 3.8) is 0 Å². The highest BCUT2D eigenvalue weighted by Crippen LogP contribution is 2.50. The normalized spacial score (nSPS) is 28.0. The van der Waals surface area contributed by atoms with Crippen LogP contribution in [-0.4, -0.2) is 11.6 Å². The standard InChI is InChI=1S/C26H30O2/c1-2-26(14-4-3-5-15-26)28-25(27)23-11-7-8-20-21(23)9-6-10-22(20)24-17-18-12-13-19(24)16-18/h6-13,18-19,24H,2-5,14-17H2,1H3. The molecule has 3 aliphatic rings. The molecule has 2 aromatic rings. The van der Waals surface area contributed by atoms with Crippen LogP contribution < -0.4 is 0 Å². The molecule has 2 nitrogen and oxygen atoms in total. The maximum Gasteiger partial charge on any atom is 0.339 e. The number of fused-ring (bicyclic) bond motifs is 3. The molecule has 0 aliphatic heterocycles. The molecule has 0 saturated heterocycles. The van der Waals surface area contributed by atoms with Crippen molar-refractivity contribution >= 4 is 16.7 Å². The summed E-state index contributed by atoms with van der Waals surface area (Å²) in [7, 11) is 0. The monoisotopic (exact) mass is 374 g/mol. The molecule has 0 heterocycles. The summed E-state index contributed by atoms with van der Waals surface area (Å²) in [6.45, 7) is 2.16.